The molecule has 2 unspecified atom stereocenters. The first kappa shape index (κ1) is 15.1. The van der Waals surface area contributed by atoms with Crippen LogP contribution in [0.2, 0.25) is 0 Å². The molecule has 1 aliphatic heterocycles. The maximum absolute atomic E-state index is 13.9. The van der Waals surface area contributed by atoms with Gasteiger partial charge in [0.05, 0.1) is 17.6 Å². The van der Waals surface area contributed by atoms with Gasteiger partial charge in [0.25, 0.3) is 5.92 Å². The van der Waals surface area contributed by atoms with Crippen molar-refractivity contribution in [2.45, 2.75) is 30.9 Å². The van der Waals surface area contributed by atoms with Gasteiger partial charge in [-0.15, -0.1) is 0 Å². The minimum atomic E-state index is -3.15. The Labute approximate surface area is 117 Å². The number of nitrogens with zero attached hydrogens (tertiary/aromatic N) is 6. The highest BCUT2D eigenvalue weighted by Gasteiger charge is 2.42. The number of halogens is 2. The van der Waals surface area contributed by atoms with Crippen molar-refractivity contribution in [3.05, 3.63) is 32.4 Å². The molecular formula is C10H12F2N6O3. The molecule has 1 aromatic rings. The van der Waals surface area contributed by atoms with Gasteiger partial charge in [0.15, 0.2) is 0 Å². The highest BCUT2D eigenvalue weighted by atomic mass is 19.3. The fourth-order valence-electron chi connectivity index (χ4n) is 2.32. The number of aryl methyl sites for hydroxylation is 1. The summed E-state index contributed by atoms with van der Waals surface area (Å²) in [5.41, 5.74) is 7.94. The number of hydrogen-bond donors (Lipinski definition) is 0. The van der Waals surface area contributed by atoms with E-state index in [9.17, 15) is 18.9 Å². The summed E-state index contributed by atoms with van der Waals surface area (Å²) in [7, 11) is 1.42. The molecule has 21 heavy (non-hydrogen) atoms. The van der Waals surface area contributed by atoms with Crippen molar-refractivity contribution in [2.24, 2.45) is 12.2 Å². The third-order valence-corrected chi connectivity index (χ3v) is 3.19. The third kappa shape index (κ3) is 3.26. The van der Waals surface area contributed by atoms with Gasteiger partial charge >= 0.3 is 5.69 Å². The average molecular weight is 302 g/mol. The Morgan fingerprint density at radius 3 is 3.00 bits per heavy atom. The van der Waals surface area contributed by atoms with Crippen LogP contribution in [0.15, 0.2) is 11.3 Å². The predicted octanol–water partition coefficient (Wildman–Crippen LogP) is 2.49. The summed E-state index contributed by atoms with van der Waals surface area (Å²) >= 11 is 0. The number of ether oxygens (including phenoxy) is 1. The monoisotopic (exact) mass is 302 g/mol. The lowest BCUT2D eigenvalue weighted by molar-refractivity contribution is -0.386. The van der Waals surface area contributed by atoms with Crippen molar-refractivity contribution in [1.29, 1.82) is 0 Å². The van der Waals surface area contributed by atoms with E-state index in [1.807, 2.05) is 0 Å². The van der Waals surface area contributed by atoms with Gasteiger partial charge in [0.1, 0.15) is 18.0 Å². The Balaban J connectivity index is 2.34. The van der Waals surface area contributed by atoms with E-state index in [2.05, 4.69) is 15.1 Å². The number of hydrogen-bond acceptors (Lipinski definition) is 5. The van der Waals surface area contributed by atoms with E-state index in [1.165, 1.54) is 7.05 Å². The van der Waals surface area contributed by atoms with Gasteiger partial charge < -0.3 is 4.74 Å². The standard InChI is InChI=1S/C10H12F2N6O3/c1-17-9(7(4-14-17)18(19)20)8-3-10(11,12)2-6(5-21-8)15-16-13/h4,6,8H,2-3,5H2,1H3. The SMILES string of the molecule is Cn1ncc([N+](=O)[O-])c1C1CC(F)(F)CC(N=[N+]=[N-])CO1. The minimum absolute atomic E-state index is 0.0266. The molecule has 0 aliphatic carbocycles. The van der Waals surface area contributed by atoms with E-state index >= 15 is 0 Å². The molecule has 114 valence electrons. The van der Waals surface area contributed by atoms with E-state index in [-0.39, 0.29) is 18.0 Å². The van der Waals surface area contributed by atoms with Crippen LogP contribution in [0.1, 0.15) is 24.6 Å². The first-order valence-corrected chi connectivity index (χ1v) is 6.04. The molecule has 0 spiro atoms. The van der Waals surface area contributed by atoms with Crippen LogP contribution in [0.25, 0.3) is 10.4 Å². The molecule has 0 radical (unpaired) electrons. The number of nitro groups is 1. The molecule has 1 fully saturated rings. The van der Waals surface area contributed by atoms with E-state index in [0.717, 1.165) is 10.9 Å². The van der Waals surface area contributed by atoms with Crippen LogP contribution in [-0.4, -0.2) is 33.3 Å². The minimum Gasteiger partial charge on any atom is -0.371 e. The maximum Gasteiger partial charge on any atom is 0.312 e. The quantitative estimate of drug-likeness (QED) is 0.280. The molecular weight excluding hydrogens is 290 g/mol. The second-order valence-electron chi connectivity index (χ2n) is 4.74. The van der Waals surface area contributed by atoms with Gasteiger partial charge in [-0.3, -0.25) is 14.8 Å². The van der Waals surface area contributed by atoms with Gasteiger partial charge in [-0.25, -0.2) is 8.78 Å². The highest BCUT2D eigenvalue weighted by Crippen LogP contribution is 2.40. The number of azide groups is 1. The molecule has 2 rings (SSSR count). The van der Waals surface area contributed by atoms with Crippen molar-refractivity contribution in [3.63, 3.8) is 0 Å². The Hall–Kier alpha value is -2.26. The van der Waals surface area contributed by atoms with Gasteiger partial charge in [-0.2, -0.15) is 5.10 Å². The summed E-state index contributed by atoms with van der Waals surface area (Å²) in [6.45, 7) is -0.230. The van der Waals surface area contributed by atoms with E-state index in [0.29, 0.717) is 0 Å². The topological polar surface area (TPSA) is 119 Å². The molecule has 2 heterocycles. The van der Waals surface area contributed by atoms with Crippen LogP contribution >= 0.6 is 0 Å². The molecule has 0 N–H and O–H groups in total. The van der Waals surface area contributed by atoms with Gasteiger partial charge in [0, 0.05) is 24.8 Å². The Morgan fingerprint density at radius 2 is 2.38 bits per heavy atom. The maximum atomic E-state index is 13.9. The fourth-order valence-corrected chi connectivity index (χ4v) is 2.32. The molecule has 9 nitrogen and oxygen atoms in total. The fraction of sp³-hybridized carbons (Fsp3) is 0.700. The Bertz CT molecular complexity index is 598. The van der Waals surface area contributed by atoms with Crippen LogP contribution in [0.5, 0.6) is 0 Å². The largest absolute Gasteiger partial charge is 0.371 e. The first-order chi connectivity index (χ1) is 9.84. The van der Waals surface area contributed by atoms with Crippen LogP contribution in [0.3, 0.4) is 0 Å². The molecule has 0 aromatic carbocycles. The lowest BCUT2D eigenvalue weighted by Gasteiger charge is -2.19. The van der Waals surface area contributed by atoms with Crippen LogP contribution in [0.4, 0.5) is 14.5 Å². The second kappa shape index (κ2) is 5.62. The third-order valence-electron chi connectivity index (χ3n) is 3.19. The van der Waals surface area contributed by atoms with Crippen molar-refractivity contribution in [1.82, 2.24) is 9.78 Å². The molecule has 0 amide bonds. The first-order valence-electron chi connectivity index (χ1n) is 6.04. The van der Waals surface area contributed by atoms with E-state index in [4.69, 9.17) is 10.3 Å². The zero-order valence-corrected chi connectivity index (χ0v) is 11.0. The molecule has 0 bridgehead atoms. The summed E-state index contributed by atoms with van der Waals surface area (Å²) in [4.78, 5) is 12.7. The smallest absolute Gasteiger partial charge is 0.312 e. The molecule has 2 atom stereocenters. The highest BCUT2D eigenvalue weighted by molar-refractivity contribution is 5.35. The van der Waals surface area contributed by atoms with Gasteiger partial charge in [-0.05, 0) is 5.53 Å². The Kier molecular flexibility index (Phi) is 4.05. The molecule has 1 aliphatic rings. The summed E-state index contributed by atoms with van der Waals surface area (Å²) in [5, 5.41) is 17.9. The number of alkyl halides is 2. The predicted molar refractivity (Wildman–Crippen MR) is 65.7 cm³/mol. The van der Waals surface area contributed by atoms with E-state index < -0.39 is 35.8 Å². The van der Waals surface area contributed by atoms with Crippen LogP contribution in [0, 0.1) is 10.1 Å². The number of rotatable bonds is 3. The molecule has 11 heteroatoms. The summed E-state index contributed by atoms with van der Waals surface area (Å²) < 4.78 is 34.2. The molecule has 0 saturated carbocycles. The lowest BCUT2D eigenvalue weighted by Crippen LogP contribution is -2.23. The van der Waals surface area contributed by atoms with Gasteiger partial charge in [-0.1, -0.05) is 5.11 Å². The van der Waals surface area contributed by atoms with Crippen LogP contribution in [-0.2, 0) is 11.8 Å². The van der Waals surface area contributed by atoms with Crippen LogP contribution < -0.4 is 0 Å². The van der Waals surface area contributed by atoms with Crippen molar-refractivity contribution < 1.29 is 18.4 Å². The van der Waals surface area contributed by atoms with Gasteiger partial charge in [0.2, 0.25) is 0 Å². The zero-order valence-electron chi connectivity index (χ0n) is 11.0. The van der Waals surface area contributed by atoms with Crippen molar-refractivity contribution in [2.75, 3.05) is 6.61 Å². The second-order valence-corrected chi connectivity index (χ2v) is 4.74. The normalized spacial score (nSPS) is 24.9. The average Bonchev–Trinajstić information content (AvgIpc) is 2.68. The Morgan fingerprint density at radius 1 is 1.67 bits per heavy atom. The summed E-state index contributed by atoms with van der Waals surface area (Å²) in [5.74, 6) is -3.15. The zero-order chi connectivity index (χ0) is 15.6. The number of aromatic nitrogens is 2. The molecule has 1 saturated heterocycles. The van der Waals surface area contributed by atoms with E-state index in [1.54, 1.807) is 0 Å². The van der Waals surface area contributed by atoms with Crippen molar-refractivity contribution >= 4 is 5.69 Å². The lowest BCUT2D eigenvalue weighted by atomic mass is 10.0. The van der Waals surface area contributed by atoms with Crippen molar-refractivity contribution in [3.8, 4) is 0 Å². The molecule has 1 aromatic heterocycles. The summed E-state index contributed by atoms with van der Waals surface area (Å²) in [6.07, 6.45) is -1.58. The summed E-state index contributed by atoms with van der Waals surface area (Å²) in [6, 6.07) is -1.01.